The van der Waals surface area contributed by atoms with E-state index in [1.165, 1.54) is 12.7 Å². The number of aromatic amines is 1. The summed E-state index contributed by atoms with van der Waals surface area (Å²) in [7, 11) is 0. The van der Waals surface area contributed by atoms with E-state index in [4.69, 9.17) is 5.73 Å². The Morgan fingerprint density at radius 2 is 2.13 bits per heavy atom. The van der Waals surface area contributed by atoms with Gasteiger partial charge in [0.15, 0.2) is 5.82 Å². The normalized spacial score (nSPS) is 17.6. The maximum Gasteiger partial charge on any atom is 0.253 e. The van der Waals surface area contributed by atoms with E-state index in [1.54, 1.807) is 0 Å². The molecule has 2 heterocycles. The van der Waals surface area contributed by atoms with Crippen molar-refractivity contribution in [2.45, 2.75) is 19.3 Å². The molecule has 6 nitrogen and oxygen atoms in total. The molecule has 0 bridgehead atoms. The number of hydrogen-bond acceptors (Lipinski definition) is 4. The van der Waals surface area contributed by atoms with Crippen LogP contribution in [-0.4, -0.2) is 45.6 Å². The van der Waals surface area contributed by atoms with Gasteiger partial charge < -0.3 is 10.6 Å². The highest BCUT2D eigenvalue weighted by Crippen LogP contribution is 2.22. The highest BCUT2D eigenvalue weighted by molar-refractivity contribution is 5.94. The number of H-pyrrole nitrogens is 1. The molecule has 1 aromatic carbocycles. The first-order valence-corrected chi connectivity index (χ1v) is 7.73. The average molecular weight is 336 g/mol. The lowest BCUT2D eigenvalue weighted by Gasteiger charge is -2.32. The topological polar surface area (TPSA) is 87.9 Å². The van der Waals surface area contributed by atoms with Gasteiger partial charge in [-0.25, -0.2) is 4.98 Å². The first-order chi connectivity index (χ1) is 10.8. The molecular formula is C16H22ClN5O. The Bertz CT molecular complexity index is 612. The molecule has 1 fully saturated rings. The number of aromatic nitrogens is 3. The lowest BCUT2D eigenvalue weighted by Crippen LogP contribution is -2.40. The van der Waals surface area contributed by atoms with Crippen molar-refractivity contribution in [3.05, 3.63) is 36.2 Å². The first-order valence-electron chi connectivity index (χ1n) is 7.73. The lowest BCUT2D eigenvalue weighted by molar-refractivity contribution is 0.0669. The minimum absolute atomic E-state index is 0. The number of carbonyl (C=O) groups is 1. The Kier molecular flexibility index (Phi) is 6.12. The van der Waals surface area contributed by atoms with E-state index in [-0.39, 0.29) is 18.3 Å². The van der Waals surface area contributed by atoms with Crippen molar-refractivity contribution < 1.29 is 4.79 Å². The van der Waals surface area contributed by atoms with Gasteiger partial charge in [-0.1, -0.05) is 12.1 Å². The number of amides is 1. The molecular weight excluding hydrogens is 314 g/mol. The number of piperidine rings is 1. The third kappa shape index (κ3) is 4.09. The highest BCUT2D eigenvalue weighted by Gasteiger charge is 2.23. The van der Waals surface area contributed by atoms with Crippen molar-refractivity contribution in [3.63, 3.8) is 0 Å². The molecule has 7 heteroatoms. The van der Waals surface area contributed by atoms with Crippen molar-refractivity contribution in [2.24, 2.45) is 11.7 Å². The fraction of sp³-hybridized carbons (Fsp3) is 0.438. The maximum absolute atomic E-state index is 12.6. The number of benzene rings is 1. The number of rotatable bonds is 4. The van der Waals surface area contributed by atoms with Crippen LogP contribution in [0.25, 0.3) is 11.4 Å². The lowest BCUT2D eigenvalue weighted by atomic mass is 9.94. The smallest absolute Gasteiger partial charge is 0.253 e. The van der Waals surface area contributed by atoms with Gasteiger partial charge in [0.05, 0.1) is 0 Å². The van der Waals surface area contributed by atoms with E-state index in [0.29, 0.717) is 18.3 Å². The predicted octanol–water partition coefficient (Wildman–Crippen LogP) is 2.09. The summed E-state index contributed by atoms with van der Waals surface area (Å²) in [5, 5.41) is 6.65. The van der Waals surface area contributed by atoms with Crippen LogP contribution in [0.2, 0.25) is 0 Å². The van der Waals surface area contributed by atoms with Gasteiger partial charge in [-0.05, 0) is 43.9 Å². The van der Waals surface area contributed by atoms with Gasteiger partial charge in [-0.3, -0.25) is 9.89 Å². The molecule has 1 unspecified atom stereocenters. The van der Waals surface area contributed by atoms with Crippen LogP contribution in [0.4, 0.5) is 0 Å². The summed E-state index contributed by atoms with van der Waals surface area (Å²) in [6.45, 7) is 2.35. The third-order valence-corrected chi connectivity index (χ3v) is 4.20. The maximum atomic E-state index is 12.6. The van der Waals surface area contributed by atoms with Crippen molar-refractivity contribution in [2.75, 3.05) is 19.6 Å². The second-order valence-corrected chi connectivity index (χ2v) is 5.75. The summed E-state index contributed by atoms with van der Waals surface area (Å²) in [5.74, 6) is 1.35. The van der Waals surface area contributed by atoms with Crippen molar-refractivity contribution >= 4 is 18.3 Å². The number of nitrogens with two attached hydrogens (primary N) is 1. The molecule has 1 aliphatic rings. The summed E-state index contributed by atoms with van der Waals surface area (Å²) in [5.41, 5.74) is 7.28. The summed E-state index contributed by atoms with van der Waals surface area (Å²) in [6, 6.07) is 7.50. The molecule has 1 amide bonds. The quantitative estimate of drug-likeness (QED) is 0.895. The number of carbonyl (C=O) groups excluding carboxylic acids is 1. The number of nitrogens with one attached hydrogen (secondary N) is 1. The Hall–Kier alpha value is -1.92. The highest BCUT2D eigenvalue weighted by atomic mass is 35.5. The molecule has 0 saturated carbocycles. The van der Waals surface area contributed by atoms with Crippen LogP contribution in [0, 0.1) is 5.92 Å². The molecule has 1 saturated heterocycles. The molecule has 124 valence electrons. The van der Waals surface area contributed by atoms with E-state index in [2.05, 4.69) is 15.2 Å². The van der Waals surface area contributed by atoms with Gasteiger partial charge in [0.1, 0.15) is 6.33 Å². The summed E-state index contributed by atoms with van der Waals surface area (Å²) < 4.78 is 0. The fourth-order valence-corrected chi connectivity index (χ4v) is 3.02. The monoisotopic (exact) mass is 335 g/mol. The SMILES string of the molecule is Cl.NCCC1CCCN(C(=O)c2ccc(-c3ncn[nH]3)cc2)C1. The zero-order chi connectivity index (χ0) is 15.4. The Morgan fingerprint density at radius 1 is 1.35 bits per heavy atom. The average Bonchev–Trinajstić information content (AvgIpc) is 3.09. The van der Waals surface area contributed by atoms with E-state index < -0.39 is 0 Å². The molecule has 0 aliphatic carbocycles. The minimum Gasteiger partial charge on any atom is -0.338 e. The van der Waals surface area contributed by atoms with Crippen LogP contribution in [0.1, 0.15) is 29.6 Å². The molecule has 1 aliphatic heterocycles. The Balaban J connectivity index is 0.00000192. The largest absolute Gasteiger partial charge is 0.338 e. The zero-order valence-corrected chi connectivity index (χ0v) is 13.8. The fourth-order valence-electron chi connectivity index (χ4n) is 3.02. The molecule has 23 heavy (non-hydrogen) atoms. The Morgan fingerprint density at radius 3 is 2.78 bits per heavy atom. The summed E-state index contributed by atoms with van der Waals surface area (Å²) >= 11 is 0. The van der Waals surface area contributed by atoms with Gasteiger partial charge in [-0.2, -0.15) is 5.10 Å². The second kappa shape index (κ2) is 8.08. The summed E-state index contributed by atoms with van der Waals surface area (Å²) in [4.78, 5) is 18.7. The Labute approximate surface area is 141 Å². The number of hydrogen-bond donors (Lipinski definition) is 2. The van der Waals surface area contributed by atoms with Crippen LogP contribution in [0.3, 0.4) is 0 Å². The van der Waals surface area contributed by atoms with Gasteiger partial charge in [0.25, 0.3) is 5.91 Å². The van der Waals surface area contributed by atoms with Crippen molar-refractivity contribution in [1.82, 2.24) is 20.1 Å². The molecule has 0 radical (unpaired) electrons. The van der Waals surface area contributed by atoms with Crippen LogP contribution >= 0.6 is 12.4 Å². The molecule has 2 aromatic rings. The van der Waals surface area contributed by atoms with Gasteiger partial charge in [0.2, 0.25) is 0 Å². The number of halogens is 1. The molecule has 3 N–H and O–H groups in total. The predicted molar refractivity (Wildman–Crippen MR) is 91.4 cm³/mol. The molecule has 1 aromatic heterocycles. The van der Waals surface area contributed by atoms with E-state index in [0.717, 1.165) is 37.1 Å². The first kappa shape index (κ1) is 17.4. The third-order valence-electron chi connectivity index (χ3n) is 4.20. The van der Waals surface area contributed by atoms with E-state index in [1.807, 2.05) is 29.2 Å². The van der Waals surface area contributed by atoms with Gasteiger partial charge >= 0.3 is 0 Å². The van der Waals surface area contributed by atoms with Gasteiger partial charge in [0, 0.05) is 24.2 Å². The van der Waals surface area contributed by atoms with Crippen LogP contribution in [-0.2, 0) is 0 Å². The minimum atomic E-state index is 0. The molecule has 1 atom stereocenters. The van der Waals surface area contributed by atoms with Crippen LogP contribution in [0.5, 0.6) is 0 Å². The van der Waals surface area contributed by atoms with Gasteiger partial charge in [-0.15, -0.1) is 12.4 Å². The van der Waals surface area contributed by atoms with Crippen LogP contribution in [0.15, 0.2) is 30.6 Å². The zero-order valence-electron chi connectivity index (χ0n) is 12.9. The van der Waals surface area contributed by atoms with Crippen molar-refractivity contribution in [1.29, 1.82) is 0 Å². The molecule has 3 rings (SSSR count). The number of nitrogens with zero attached hydrogens (tertiary/aromatic N) is 3. The summed E-state index contributed by atoms with van der Waals surface area (Å²) in [6.07, 6.45) is 4.70. The molecule has 0 spiro atoms. The standard InChI is InChI=1S/C16H21N5O.ClH/c17-8-7-12-2-1-9-21(10-12)16(22)14-5-3-13(4-6-14)15-18-11-19-20-15;/h3-6,11-12H,1-2,7-10,17H2,(H,18,19,20);1H. The van der Waals surface area contributed by atoms with E-state index >= 15 is 0 Å². The van der Waals surface area contributed by atoms with Crippen molar-refractivity contribution in [3.8, 4) is 11.4 Å². The second-order valence-electron chi connectivity index (χ2n) is 5.75. The van der Waals surface area contributed by atoms with Crippen LogP contribution < -0.4 is 5.73 Å². The number of likely N-dealkylation sites (tertiary alicyclic amines) is 1. The van der Waals surface area contributed by atoms with E-state index in [9.17, 15) is 4.79 Å².